The van der Waals surface area contributed by atoms with E-state index in [0.29, 0.717) is 17.9 Å². The average molecular weight is 1550 g/mol. The molecule has 0 saturated heterocycles. The molecule has 3 amide bonds. The number of amides is 3. The van der Waals surface area contributed by atoms with E-state index in [2.05, 4.69) is 37.7 Å². The van der Waals surface area contributed by atoms with Gasteiger partial charge in [-0.25, -0.2) is 35.2 Å². The fourth-order valence-corrected chi connectivity index (χ4v) is 15.1. The van der Waals surface area contributed by atoms with Crippen molar-refractivity contribution < 1.29 is 108 Å². The molecule has 1 fully saturated rings. The number of alkyl halides is 8. The fourth-order valence-electron chi connectivity index (χ4n) is 12.2. The highest BCUT2D eigenvalue weighted by molar-refractivity contribution is 7.93. The Morgan fingerprint density at radius 1 is 0.827 bits per heavy atom. The summed E-state index contributed by atoms with van der Waals surface area (Å²) in [5, 5.41) is 11.2. The highest BCUT2D eigenvalue weighted by Crippen LogP contribution is 2.68. The van der Waals surface area contributed by atoms with Crippen LogP contribution in [0.2, 0.25) is 5.02 Å². The maximum Gasteiger partial charge on any atom is 0.530 e. The van der Waals surface area contributed by atoms with E-state index in [0.717, 1.165) is 49.6 Å². The van der Waals surface area contributed by atoms with Crippen LogP contribution in [-0.4, -0.2) is 118 Å². The molecule has 0 aliphatic heterocycles. The van der Waals surface area contributed by atoms with Crippen molar-refractivity contribution in [3.8, 4) is 28.7 Å². The molecule has 4 atom stereocenters. The molecule has 22 nitrogen and oxygen atoms in total. The van der Waals surface area contributed by atoms with Gasteiger partial charge >= 0.3 is 26.1 Å². The van der Waals surface area contributed by atoms with Gasteiger partial charge in [-0.05, 0) is 154 Å². The van der Waals surface area contributed by atoms with Gasteiger partial charge in [0.05, 0.1) is 65.0 Å². The van der Waals surface area contributed by atoms with E-state index in [1.165, 1.54) is 74.4 Å². The topological polar surface area (TPSA) is 283 Å². The van der Waals surface area contributed by atoms with E-state index < -0.39 is 233 Å². The maximum atomic E-state index is 15.9. The number of nitrogens with zero attached hydrogens (tertiary/aromatic N) is 6. The van der Waals surface area contributed by atoms with Crippen LogP contribution in [0.15, 0.2) is 54.6 Å². The number of pyridine rings is 1. The largest absolute Gasteiger partial charge is 0.530 e. The van der Waals surface area contributed by atoms with Gasteiger partial charge in [0.2, 0.25) is 27.7 Å². The molecule has 2 aliphatic rings. The summed E-state index contributed by atoms with van der Waals surface area (Å²) in [6.45, 7) is 15.0. The third kappa shape index (κ3) is 19.0. The van der Waals surface area contributed by atoms with Gasteiger partial charge in [-0.15, -0.1) is 0 Å². The average Bonchev–Trinajstić information content (AvgIpc) is 1.52. The molecule has 104 heavy (non-hydrogen) atoms. The van der Waals surface area contributed by atoms with E-state index in [1.54, 1.807) is 20.8 Å². The first-order valence-electron chi connectivity index (χ1n) is 32.1. The number of ether oxygens (including phenoxy) is 1. The van der Waals surface area contributed by atoms with Gasteiger partial charge in [0.15, 0.2) is 27.1 Å². The van der Waals surface area contributed by atoms with Crippen LogP contribution in [0, 0.1) is 36.3 Å². The molecule has 2 N–H and O–H groups in total. The Morgan fingerprint density at radius 2 is 1.43 bits per heavy atom. The van der Waals surface area contributed by atoms with Crippen LogP contribution in [0.25, 0.3) is 22.0 Å². The first-order valence-corrected chi connectivity index (χ1v) is 37.7. The number of hydrogen-bond donors (Lipinski definition) is 2. The van der Waals surface area contributed by atoms with E-state index in [1.807, 2.05) is 0 Å². The van der Waals surface area contributed by atoms with Gasteiger partial charge in [0.25, 0.3) is 5.92 Å². The van der Waals surface area contributed by atoms with Crippen LogP contribution in [0.3, 0.4) is 0 Å². The van der Waals surface area contributed by atoms with Crippen LogP contribution in [0.4, 0.5) is 49.7 Å². The first kappa shape index (κ1) is 81.7. The minimum absolute atomic E-state index is 0.0232. The third-order valence-electron chi connectivity index (χ3n) is 16.5. The Morgan fingerprint density at radius 3 is 1.98 bits per heavy atom. The number of halogens is 11. The van der Waals surface area contributed by atoms with E-state index in [4.69, 9.17) is 29.9 Å². The minimum Gasteiger partial charge on any atom is -0.460 e. The number of fused-ring (bicyclic) bond motifs is 4. The van der Waals surface area contributed by atoms with Gasteiger partial charge in [0, 0.05) is 52.3 Å². The Kier molecular flexibility index (Phi) is 23.1. The molecule has 8 rings (SSSR count). The smallest absolute Gasteiger partial charge is 0.460 e. The number of rotatable bonds is 26. The lowest BCUT2D eigenvalue weighted by Gasteiger charge is -2.33. The number of benzene rings is 3. The lowest BCUT2D eigenvalue weighted by Crippen LogP contribution is -2.43. The van der Waals surface area contributed by atoms with E-state index in [9.17, 15) is 53.8 Å². The Bertz CT molecular complexity index is 4760. The Hall–Kier alpha value is -7.96. The number of Topliss-reactive ketones (excluding diaryl/α,β-unsaturated/α-hetero) is 1. The number of ketones is 1. The highest BCUT2D eigenvalue weighted by atomic mass is 35.5. The molecular formula is C68H76ClF10N8O14PS2. The second-order valence-corrected chi connectivity index (χ2v) is 34.6. The van der Waals surface area contributed by atoms with Crippen molar-refractivity contribution in [1.82, 2.24) is 35.2 Å². The predicted molar refractivity (Wildman–Crippen MR) is 361 cm³/mol. The van der Waals surface area contributed by atoms with Gasteiger partial charge in [-0.2, -0.15) is 49.6 Å². The highest BCUT2D eigenvalue weighted by Gasteiger charge is 2.68. The molecule has 3 heterocycles. The first-order chi connectivity index (χ1) is 47.5. The van der Waals surface area contributed by atoms with Gasteiger partial charge in [0.1, 0.15) is 52.2 Å². The summed E-state index contributed by atoms with van der Waals surface area (Å²) in [5.74, 6) is -10.7. The number of aryl methyl sites for hydroxylation is 1. The van der Waals surface area contributed by atoms with Crippen LogP contribution >= 0.6 is 19.4 Å². The van der Waals surface area contributed by atoms with Crippen LogP contribution < -0.4 is 19.5 Å². The lowest BCUT2D eigenvalue weighted by molar-refractivity contribution is -0.156. The SMILES string of the molecule is CC(=O)C(CC(=O)OC(C)(C)C)NC(=O)Cc1cc(C)cc(OP(=O)(OC(C)C)OC(C)C)c1C(C)(C)CC(=O)N(c1nn(CC(F)(F)F)c2c(-c3ccc(C#CC(C)(C)S(C)(=O)=O)nc3[C@H](Cc3cc(F)cc(F)c3)NC(=O)Cn3nc(C(F)(F)F)c4c3C(F)(F)[C@@H]3C[C@H]43)ccc(Cl)c12)S(C)(=O)=O. The van der Waals surface area contributed by atoms with Crippen molar-refractivity contribution >= 4 is 85.5 Å². The zero-order chi connectivity index (χ0) is 78.1. The van der Waals surface area contributed by atoms with E-state index in [-0.39, 0.29) is 48.2 Å². The summed E-state index contributed by atoms with van der Waals surface area (Å²) < 4.78 is 243. The molecule has 1 saturated carbocycles. The maximum absolute atomic E-state index is 15.9. The number of aromatic nitrogens is 5. The number of anilines is 1. The monoisotopic (exact) mass is 1550 g/mol. The summed E-state index contributed by atoms with van der Waals surface area (Å²) in [7, 11) is -13.9. The summed E-state index contributed by atoms with van der Waals surface area (Å²) in [4.78, 5) is 74.8. The number of carbonyl (C=O) groups excluding carboxylic acids is 5. The molecule has 36 heteroatoms. The van der Waals surface area contributed by atoms with E-state index >= 15 is 35.5 Å². The Balaban J connectivity index is 1.33. The number of carbonyl (C=O) groups is 5. The molecule has 6 aromatic rings. The quantitative estimate of drug-likeness (QED) is 0.0221. The molecule has 1 unspecified atom stereocenters. The molecular weight excluding hydrogens is 1470 g/mol. The third-order valence-corrected chi connectivity index (χ3v) is 21.6. The number of sulfone groups is 1. The van der Waals surface area contributed by atoms with Gasteiger partial charge in [-0.3, -0.25) is 42.4 Å². The summed E-state index contributed by atoms with van der Waals surface area (Å²) in [6, 6.07) is 5.74. The van der Waals surface area contributed by atoms with Gasteiger partial charge in [-0.1, -0.05) is 43.5 Å². The molecule has 0 spiro atoms. The summed E-state index contributed by atoms with van der Waals surface area (Å²) in [6.07, 6.45) is -14.4. The Labute approximate surface area is 598 Å². The second kappa shape index (κ2) is 29.4. The van der Waals surface area contributed by atoms with Crippen molar-refractivity contribution in [2.45, 2.75) is 199 Å². The van der Waals surface area contributed by atoms with Crippen LogP contribution in [-0.2, 0) is 106 Å². The summed E-state index contributed by atoms with van der Waals surface area (Å²) >= 11 is 6.95. The number of esters is 1. The molecule has 3 aromatic heterocycles. The number of hydrogen-bond acceptors (Lipinski definition) is 17. The van der Waals surface area contributed by atoms with Crippen LogP contribution in [0.1, 0.15) is 165 Å². The minimum atomic E-state index is -5.29. The van der Waals surface area contributed by atoms with Crippen molar-refractivity contribution in [3.05, 3.63) is 122 Å². The molecule has 0 radical (unpaired) electrons. The van der Waals surface area contributed by atoms with Gasteiger partial charge < -0.3 is 19.9 Å². The second-order valence-electron chi connectivity index (χ2n) is 28.3. The summed E-state index contributed by atoms with van der Waals surface area (Å²) in [5.41, 5.74) is -9.29. The normalized spacial score (nSPS) is 16.2. The van der Waals surface area contributed by atoms with Crippen molar-refractivity contribution in [1.29, 1.82) is 0 Å². The zero-order valence-electron chi connectivity index (χ0n) is 58.9. The predicted octanol–water partition coefficient (Wildman–Crippen LogP) is 12.9. The molecule has 2 aliphatic carbocycles. The van der Waals surface area contributed by atoms with Crippen molar-refractivity contribution in [2.75, 3.05) is 16.8 Å². The fraction of sp³-hybridized carbons (Fsp3) is 0.500. The standard InChI is InChI=1S/C68H76ClF10N8O14PS2/c1-34(2)99-102(93,100-35(3)4)101-50-23-36(5)22-39(27-51(89)81-48(37(6)88)30-54(92)98-63(7,8)9)57(50)64(10,11)31-53(91)87(104(15,96)97)62-56-47(69)19-18-44(59(56)86(84-62)33-66(72,73)74)43-17-16-42(20-21-65(12,13)103(14,94)95)80-58(43)49(26-38-24-40(70)28-41(71)25-38)82-52(90)32-85-61-55(60(83-85)68(77,78)79)45-29-46(45)67(61,75)76/h16-19,22-25,28,34-35,45-46,48-49H,26-27,29-33H2,1-15H3,(H,81,89)(H,82,90)/t45-,46+,48?,49-/m0/s1. The van der Waals surface area contributed by atoms with Crippen LogP contribution in [0.5, 0.6) is 5.75 Å². The lowest BCUT2D eigenvalue weighted by atomic mass is 9.77. The number of phosphoric ester groups is 1. The molecule has 0 bridgehead atoms. The number of nitrogens with one attached hydrogen (secondary N) is 2. The van der Waals surface area contributed by atoms with Crippen molar-refractivity contribution in [3.63, 3.8) is 0 Å². The number of phosphoric acid groups is 1. The molecule has 566 valence electrons. The number of sulfonamides is 1. The zero-order valence-corrected chi connectivity index (χ0v) is 62.2. The van der Waals surface area contributed by atoms with Crippen molar-refractivity contribution in [2.24, 2.45) is 5.92 Å². The molecule has 3 aromatic carbocycles.